The fourth-order valence-electron chi connectivity index (χ4n) is 5.15. The summed E-state index contributed by atoms with van der Waals surface area (Å²) in [6, 6.07) is 0. The van der Waals surface area contributed by atoms with Crippen molar-refractivity contribution < 1.29 is 28.6 Å². The van der Waals surface area contributed by atoms with E-state index in [-0.39, 0.29) is 36.4 Å². The Balaban J connectivity index is 1.78. The molecule has 0 spiro atoms. The van der Waals surface area contributed by atoms with E-state index in [1.54, 1.807) is 4.90 Å². The third kappa shape index (κ3) is 12.1. The zero-order chi connectivity index (χ0) is 26.0. The molecule has 0 bridgehead atoms. The molecule has 0 aromatic rings. The Morgan fingerprint density at radius 1 is 0.889 bits per heavy atom. The Morgan fingerprint density at radius 3 is 2.08 bits per heavy atom. The molecule has 36 heavy (non-hydrogen) atoms. The van der Waals surface area contributed by atoms with Crippen molar-refractivity contribution in [2.24, 2.45) is 5.92 Å². The maximum Gasteiger partial charge on any atom is 0.315 e. The van der Waals surface area contributed by atoms with Gasteiger partial charge in [0, 0.05) is 19.5 Å². The van der Waals surface area contributed by atoms with E-state index in [0.29, 0.717) is 32.7 Å². The Labute approximate surface area is 219 Å². The van der Waals surface area contributed by atoms with Crippen LogP contribution in [0.1, 0.15) is 123 Å². The van der Waals surface area contributed by atoms with Gasteiger partial charge in [-0.25, -0.2) is 0 Å². The summed E-state index contributed by atoms with van der Waals surface area (Å²) in [5.41, 5.74) is 0. The smallest absolute Gasteiger partial charge is 0.315 e. The van der Waals surface area contributed by atoms with E-state index in [1.165, 1.54) is 57.8 Å². The molecule has 208 valence electrons. The molecule has 2 aliphatic heterocycles. The summed E-state index contributed by atoms with van der Waals surface area (Å²) in [4.78, 5) is 38.8. The normalized spacial score (nSPS) is 20.5. The van der Waals surface area contributed by atoms with Crippen molar-refractivity contribution in [3.05, 3.63) is 0 Å². The van der Waals surface area contributed by atoms with Crippen LogP contribution in [0.3, 0.4) is 0 Å². The van der Waals surface area contributed by atoms with Gasteiger partial charge in [-0.05, 0) is 19.3 Å². The summed E-state index contributed by atoms with van der Waals surface area (Å²) in [5.74, 6) is -0.875. The van der Waals surface area contributed by atoms with Crippen LogP contribution in [-0.4, -0.2) is 61.3 Å². The molecular weight excluding hydrogens is 458 g/mol. The van der Waals surface area contributed by atoms with Crippen LogP contribution in [0.2, 0.25) is 0 Å². The van der Waals surface area contributed by atoms with E-state index in [9.17, 15) is 14.4 Å². The summed E-state index contributed by atoms with van der Waals surface area (Å²) >= 11 is 0. The Kier molecular flexibility index (Phi) is 15.8. The maximum atomic E-state index is 12.6. The number of morpholine rings is 1. The lowest BCUT2D eigenvalue weighted by molar-refractivity contribution is -0.190. The summed E-state index contributed by atoms with van der Waals surface area (Å²) in [6.07, 6.45) is 17.0. The first-order valence-corrected chi connectivity index (χ1v) is 14.8. The van der Waals surface area contributed by atoms with E-state index in [2.05, 4.69) is 13.8 Å². The second-order valence-corrected chi connectivity index (χ2v) is 10.6. The van der Waals surface area contributed by atoms with E-state index in [0.717, 1.165) is 38.5 Å². The van der Waals surface area contributed by atoms with Gasteiger partial charge in [0.15, 0.2) is 0 Å². The predicted octanol–water partition coefficient (Wildman–Crippen LogP) is 5.97. The minimum atomic E-state index is -0.474. The lowest BCUT2D eigenvalue weighted by Gasteiger charge is -2.37. The van der Waals surface area contributed by atoms with E-state index < -0.39 is 5.97 Å². The molecule has 0 saturated carbocycles. The number of esters is 2. The summed E-state index contributed by atoms with van der Waals surface area (Å²) in [7, 11) is 0. The van der Waals surface area contributed by atoms with Gasteiger partial charge in [0.1, 0.15) is 18.6 Å². The van der Waals surface area contributed by atoms with E-state index >= 15 is 0 Å². The van der Waals surface area contributed by atoms with Crippen molar-refractivity contribution in [2.45, 2.75) is 135 Å². The van der Waals surface area contributed by atoms with Gasteiger partial charge < -0.3 is 19.1 Å². The number of nitrogens with zero attached hydrogens (tertiary/aromatic N) is 1. The number of amides is 1. The second-order valence-electron chi connectivity index (χ2n) is 10.6. The van der Waals surface area contributed by atoms with Crippen LogP contribution < -0.4 is 0 Å². The van der Waals surface area contributed by atoms with Crippen LogP contribution in [0.5, 0.6) is 0 Å². The number of hydrogen-bond donors (Lipinski definition) is 0. The van der Waals surface area contributed by atoms with Crippen molar-refractivity contribution in [1.82, 2.24) is 4.90 Å². The van der Waals surface area contributed by atoms with Crippen LogP contribution in [0, 0.1) is 5.92 Å². The molecule has 2 saturated heterocycles. The van der Waals surface area contributed by atoms with Crippen molar-refractivity contribution in [2.75, 3.05) is 26.3 Å². The fraction of sp³-hybridized carbons (Fsp3) is 0.897. The van der Waals surface area contributed by atoms with E-state index in [4.69, 9.17) is 14.2 Å². The molecule has 0 aliphatic carbocycles. The average Bonchev–Trinajstić information content (AvgIpc) is 2.87. The predicted molar refractivity (Wildman–Crippen MR) is 140 cm³/mol. The van der Waals surface area contributed by atoms with Crippen molar-refractivity contribution >= 4 is 17.8 Å². The first-order valence-electron chi connectivity index (χ1n) is 14.8. The Morgan fingerprint density at radius 2 is 1.47 bits per heavy atom. The lowest BCUT2D eigenvalue weighted by atomic mass is 9.86. The monoisotopic (exact) mass is 509 g/mol. The van der Waals surface area contributed by atoms with Gasteiger partial charge in [0.2, 0.25) is 5.91 Å². The average molecular weight is 510 g/mol. The molecule has 0 N–H and O–H groups in total. The minimum absolute atomic E-state index is 0.0823. The van der Waals surface area contributed by atoms with Crippen molar-refractivity contribution in [3.8, 4) is 0 Å². The molecular formula is C29H51NO6. The molecule has 1 amide bonds. The molecule has 0 unspecified atom stereocenters. The first-order chi connectivity index (χ1) is 17.5. The van der Waals surface area contributed by atoms with Crippen LogP contribution in [0.4, 0.5) is 0 Å². The highest BCUT2D eigenvalue weighted by Gasteiger charge is 2.43. The number of hydrogen-bond acceptors (Lipinski definition) is 6. The number of carbonyl (C=O) groups excluding carboxylic acids is 3. The van der Waals surface area contributed by atoms with Crippen LogP contribution >= 0.6 is 0 Å². The molecule has 0 radical (unpaired) electrons. The molecule has 3 atom stereocenters. The number of carbonyl (C=O) groups is 3. The highest BCUT2D eigenvalue weighted by Crippen LogP contribution is 2.32. The van der Waals surface area contributed by atoms with Crippen LogP contribution in [0.15, 0.2) is 0 Å². The molecule has 0 aromatic carbocycles. The minimum Gasteiger partial charge on any atom is -0.462 e. The number of unbranched alkanes of at least 4 members (excludes halogenated alkanes) is 11. The number of ether oxygens (including phenoxy) is 3. The number of cyclic esters (lactones) is 1. The largest absolute Gasteiger partial charge is 0.462 e. The highest BCUT2D eigenvalue weighted by molar-refractivity contribution is 5.94. The topological polar surface area (TPSA) is 82.1 Å². The van der Waals surface area contributed by atoms with Gasteiger partial charge in [-0.3, -0.25) is 14.4 Å². The molecule has 2 rings (SSSR count). The van der Waals surface area contributed by atoms with Crippen LogP contribution in [0.25, 0.3) is 0 Å². The van der Waals surface area contributed by atoms with Gasteiger partial charge in [-0.2, -0.15) is 0 Å². The van der Waals surface area contributed by atoms with Gasteiger partial charge in [-0.15, -0.1) is 0 Å². The summed E-state index contributed by atoms with van der Waals surface area (Å²) in [5, 5.41) is 0. The zero-order valence-corrected chi connectivity index (χ0v) is 23.0. The third-order valence-corrected chi connectivity index (χ3v) is 7.47. The lowest BCUT2D eigenvalue weighted by Crippen LogP contribution is -2.47. The van der Waals surface area contributed by atoms with Gasteiger partial charge >= 0.3 is 11.9 Å². The fourth-order valence-corrected chi connectivity index (χ4v) is 5.15. The quantitative estimate of drug-likeness (QED) is 0.114. The molecule has 7 heteroatoms. The molecule has 7 nitrogen and oxygen atoms in total. The molecule has 2 aliphatic rings. The van der Waals surface area contributed by atoms with Crippen LogP contribution in [-0.2, 0) is 28.6 Å². The van der Waals surface area contributed by atoms with Gasteiger partial charge in [0.05, 0.1) is 19.1 Å². The first kappa shape index (κ1) is 30.6. The highest BCUT2D eigenvalue weighted by atomic mass is 16.6. The summed E-state index contributed by atoms with van der Waals surface area (Å²) < 4.78 is 16.6. The number of rotatable bonds is 20. The zero-order valence-electron chi connectivity index (χ0n) is 23.0. The summed E-state index contributed by atoms with van der Waals surface area (Å²) in [6.45, 7) is 6.47. The Hall–Kier alpha value is -1.63. The molecule has 2 heterocycles. The third-order valence-electron chi connectivity index (χ3n) is 7.47. The maximum absolute atomic E-state index is 12.6. The molecule has 2 fully saturated rings. The van der Waals surface area contributed by atoms with Crippen molar-refractivity contribution in [3.63, 3.8) is 0 Å². The Bertz CT molecular complexity index is 633. The standard InChI is InChI=1S/C29H51NO6/c1-3-5-7-9-10-11-12-13-14-16-24(22-26-25(29(33)36-26)17-15-8-6-4-2)35-28(32)23-27(31)30-18-20-34-21-19-30/h24-26H,3-23H2,1-2H3/t24-,25-,26-/m0/s1. The second kappa shape index (κ2) is 18.6. The molecule has 0 aromatic heterocycles. The van der Waals surface area contributed by atoms with E-state index in [1.807, 2.05) is 0 Å². The SMILES string of the molecule is CCCCCCCCCCC[C@@H](C[C@@H]1OC(=O)[C@H]1CCCCCC)OC(=O)CC(=O)N1CCOCC1. The van der Waals surface area contributed by atoms with Crippen molar-refractivity contribution in [1.29, 1.82) is 0 Å². The van der Waals surface area contributed by atoms with Gasteiger partial charge in [0.25, 0.3) is 0 Å². The van der Waals surface area contributed by atoms with Gasteiger partial charge in [-0.1, -0.05) is 90.9 Å².